The van der Waals surface area contributed by atoms with Gasteiger partial charge in [-0.1, -0.05) is 26.0 Å². The lowest BCUT2D eigenvalue weighted by Gasteiger charge is -2.31. The van der Waals surface area contributed by atoms with Crippen molar-refractivity contribution in [1.29, 1.82) is 0 Å². The fourth-order valence-corrected chi connectivity index (χ4v) is 4.09. The molecule has 1 aliphatic rings. The summed E-state index contributed by atoms with van der Waals surface area (Å²) in [7, 11) is 0. The lowest BCUT2D eigenvalue weighted by molar-refractivity contribution is -0.116. The highest BCUT2D eigenvalue weighted by Gasteiger charge is 2.35. The second-order valence-electron chi connectivity index (χ2n) is 9.91. The summed E-state index contributed by atoms with van der Waals surface area (Å²) in [6, 6.07) is 11.6. The van der Waals surface area contributed by atoms with Gasteiger partial charge in [0.05, 0.1) is 23.8 Å². The Kier molecular flexibility index (Phi) is 7.54. The molecule has 198 valence electrons. The molecule has 4 rings (SSSR count). The number of nitrogens with two attached hydrogens (primary N) is 1. The molecule has 0 spiro atoms. The van der Waals surface area contributed by atoms with Crippen molar-refractivity contribution in [3.63, 3.8) is 0 Å². The highest BCUT2D eigenvalue weighted by Crippen LogP contribution is 2.40. The topological polar surface area (TPSA) is 105 Å². The van der Waals surface area contributed by atoms with Crippen LogP contribution in [0, 0.1) is 22.9 Å². The highest BCUT2D eigenvalue weighted by molar-refractivity contribution is 6.12. The first-order chi connectivity index (χ1) is 18.0. The van der Waals surface area contributed by atoms with E-state index in [0.717, 1.165) is 18.2 Å². The molecule has 0 bridgehead atoms. The van der Waals surface area contributed by atoms with Crippen molar-refractivity contribution < 1.29 is 27.6 Å². The van der Waals surface area contributed by atoms with Crippen LogP contribution in [0.5, 0.6) is 0 Å². The molecule has 1 unspecified atom stereocenters. The Bertz CT molecular complexity index is 1390. The van der Waals surface area contributed by atoms with Gasteiger partial charge < -0.3 is 16.4 Å². The minimum atomic E-state index is -1.20. The third kappa shape index (κ3) is 5.70. The molecular weight excluding hydrogens is 497 g/mol. The van der Waals surface area contributed by atoms with Gasteiger partial charge in [0.15, 0.2) is 11.6 Å². The summed E-state index contributed by atoms with van der Waals surface area (Å²) in [5.41, 5.74) is 6.36. The molecular formula is C28H27F3N4O3. The van der Waals surface area contributed by atoms with E-state index in [-0.39, 0.29) is 34.3 Å². The molecule has 3 aromatic rings. The second kappa shape index (κ2) is 10.7. The number of benzene rings is 3. The molecule has 10 heteroatoms. The first-order valence-corrected chi connectivity index (χ1v) is 12.0. The molecule has 0 aromatic heterocycles. The monoisotopic (exact) mass is 524 g/mol. The van der Waals surface area contributed by atoms with Gasteiger partial charge in [-0.05, 0) is 66.1 Å². The maximum atomic E-state index is 14.0. The van der Waals surface area contributed by atoms with Crippen LogP contribution in [-0.4, -0.2) is 30.8 Å². The molecule has 3 aromatic carbocycles. The number of nitrogens with one attached hydrogen (secondary N) is 2. The largest absolute Gasteiger partial charge is 0.351 e. The highest BCUT2D eigenvalue weighted by atomic mass is 19.2. The van der Waals surface area contributed by atoms with Crippen LogP contribution >= 0.6 is 0 Å². The van der Waals surface area contributed by atoms with Crippen molar-refractivity contribution in [3.05, 3.63) is 94.8 Å². The predicted octanol–water partition coefficient (Wildman–Crippen LogP) is 4.55. The smallest absolute Gasteiger partial charge is 0.259 e. The van der Waals surface area contributed by atoms with Gasteiger partial charge in [0.2, 0.25) is 5.91 Å². The summed E-state index contributed by atoms with van der Waals surface area (Å²) < 4.78 is 41.3. The van der Waals surface area contributed by atoms with Gasteiger partial charge in [-0.15, -0.1) is 0 Å². The van der Waals surface area contributed by atoms with Crippen molar-refractivity contribution in [2.24, 2.45) is 11.1 Å². The zero-order valence-corrected chi connectivity index (χ0v) is 20.9. The maximum absolute atomic E-state index is 14.0. The summed E-state index contributed by atoms with van der Waals surface area (Å²) in [6.07, 6.45) is -0.206. The third-order valence-corrected chi connectivity index (χ3v) is 6.40. The number of rotatable bonds is 6. The van der Waals surface area contributed by atoms with Crippen LogP contribution in [0.1, 0.15) is 52.6 Å². The van der Waals surface area contributed by atoms with Crippen molar-refractivity contribution >= 4 is 29.1 Å². The molecule has 0 saturated heterocycles. The van der Waals surface area contributed by atoms with E-state index in [1.807, 2.05) is 13.8 Å². The lowest BCUT2D eigenvalue weighted by atomic mass is 9.94. The van der Waals surface area contributed by atoms with Crippen LogP contribution in [0.4, 0.5) is 24.5 Å². The van der Waals surface area contributed by atoms with Gasteiger partial charge in [0, 0.05) is 17.7 Å². The number of amides is 3. The quantitative estimate of drug-likeness (QED) is 0.440. The van der Waals surface area contributed by atoms with Gasteiger partial charge in [-0.2, -0.15) is 0 Å². The average molecular weight is 525 g/mol. The van der Waals surface area contributed by atoms with Crippen LogP contribution in [0.25, 0.3) is 0 Å². The van der Waals surface area contributed by atoms with Gasteiger partial charge in [-0.3, -0.25) is 19.3 Å². The summed E-state index contributed by atoms with van der Waals surface area (Å²) in [5.74, 6) is -4.38. The van der Waals surface area contributed by atoms with Crippen molar-refractivity contribution in [1.82, 2.24) is 5.32 Å². The maximum Gasteiger partial charge on any atom is 0.259 e. The van der Waals surface area contributed by atoms with Crippen molar-refractivity contribution in [2.45, 2.75) is 26.3 Å². The Hall–Kier alpha value is -4.18. The first kappa shape index (κ1) is 26.9. The average Bonchev–Trinajstić information content (AvgIpc) is 3.04. The first-order valence-electron chi connectivity index (χ1n) is 12.0. The number of hydrogen-bond acceptors (Lipinski definition) is 4. The molecule has 1 heterocycles. The van der Waals surface area contributed by atoms with Crippen LogP contribution in [-0.2, 0) is 4.79 Å². The van der Waals surface area contributed by atoms with Crippen molar-refractivity contribution in [3.8, 4) is 0 Å². The minimum Gasteiger partial charge on any atom is -0.351 e. The Labute approximate surface area is 217 Å². The van der Waals surface area contributed by atoms with Crippen LogP contribution < -0.4 is 21.3 Å². The minimum absolute atomic E-state index is 0.151. The molecule has 0 saturated carbocycles. The fraction of sp³-hybridized carbons (Fsp3) is 0.250. The standard InChI is InChI=1S/C28H27F3N4O3/c1-28(2,14-32)15-33-26(37)17-6-10-23-22(12-17)34-25(36)13-24(16-3-7-19(29)8-4-16)35(23)27(38)18-5-9-20(30)21(31)11-18/h3-12,24H,13-15,32H2,1-2H3,(H,33,37)(H,34,36). The molecule has 0 aliphatic carbocycles. The van der Waals surface area contributed by atoms with Gasteiger partial charge in [0.1, 0.15) is 5.82 Å². The second-order valence-corrected chi connectivity index (χ2v) is 9.91. The van der Waals surface area contributed by atoms with Crippen LogP contribution in [0.3, 0.4) is 0 Å². The number of carbonyl (C=O) groups is 3. The van der Waals surface area contributed by atoms with E-state index in [0.29, 0.717) is 18.7 Å². The van der Waals surface area contributed by atoms with Crippen LogP contribution in [0.2, 0.25) is 0 Å². The zero-order chi connectivity index (χ0) is 27.6. The number of anilines is 2. The van der Waals surface area contributed by atoms with E-state index in [4.69, 9.17) is 5.73 Å². The number of hydrogen-bond donors (Lipinski definition) is 3. The van der Waals surface area contributed by atoms with Gasteiger partial charge in [0.25, 0.3) is 11.8 Å². The summed E-state index contributed by atoms with van der Waals surface area (Å²) >= 11 is 0. The van der Waals surface area contributed by atoms with Crippen molar-refractivity contribution in [2.75, 3.05) is 23.3 Å². The number of carbonyl (C=O) groups excluding carboxylic acids is 3. The van der Waals surface area contributed by atoms with Crippen LogP contribution in [0.15, 0.2) is 60.7 Å². The van der Waals surface area contributed by atoms with E-state index in [9.17, 15) is 27.6 Å². The molecule has 1 atom stereocenters. The fourth-order valence-electron chi connectivity index (χ4n) is 4.09. The molecule has 0 radical (unpaired) electrons. The van der Waals surface area contributed by atoms with Gasteiger partial charge >= 0.3 is 0 Å². The SMILES string of the molecule is CC(C)(CN)CNC(=O)c1ccc2c(c1)NC(=O)CC(c1ccc(F)cc1)N2C(=O)c1ccc(F)c(F)c1. The van der Waals surface area contributed by atoms with E-state index in [1.54, 1.807) is 0 Å². The predicted molar refractivity (Wildman–Crippen MR) is 137 cm³/mol. The number of nitrogens with zero attached hydrogens (tertiary/aromatic N) is 1. The Morgan fingerprint density at radius 3 is 2.34 bits per heavy atom. The molecule has 3 amide bonds. The summed E-state index contributed by atoms with van der Waals surface area (Å²) in [5, 5.41) is 5.54. The Morgan fingerprint density at radius 2 is 1.68 bits per heavy atom. The normalized spacial score (nSPS) is 15.4. The molecule has 7 nitrogen and oxygen atoms in total. The Morgan fingerprint density at radius 1 is 1.00 bits per heavy atom. The van der Waals surface area contributed by atoms with E-state index >= 15 is 0 Å². The lowest BCUT2D eigenvalue weighted by Crippen LogP contribution is -2.38. The van der Waals surface area contributed by atoms with E-state index < -0.39 is 41.2 Å². The van der Waals surface area contributed by atoms with Gasteiger partial charge in [-0.25, -0.2) is 13.2 Å². The van der Waals surface area contributed by atoms with E-state index in [1.165, 1.54) is 47.4 Å². The molecule has 4 N–H and O–H groups in total. The summed E-state index contributed by atoms with van der Waals surface area (Å²) in [4.78, 5) is 40.8. The Balaban J connectivity index is 1.79. The molecule has 38 heavy (non-hydrogen) atoms. The van der Waals surface area contributed by atoms with E-state index in [2.05, 4.69) is 10.6 Å². The number of halogens is 3. The molecule has 0 fully saturated rings. The molecule has 1 aliphatic heterocycles. The summed E-state index contributed by atoms with van der Waals surface area (Å²) in [6.45, 7) is 4.49. The number of fused-ring (bicyclic) bond motifs is 1. The zero-order valence-electron chi connectivity index (χ0n) is 20.9. The third-order valence-electron chi connectivity index (χ3n) is 6.40.